The van der Waals surface area contributed by atoms with Crippen LogP contribution in [0, 0.1) is 6.92 Å². The van der Waals surface area contributed by atoms with Gasteiger partial charge in [0.05, 0.1) is 17.1 Å². The number of fused-ring (bicyclic) bond motifs is 2. The van der Waals surface area contributed by atoms with Crippen molar-refractivity contribution in [1.82, 2.24) is 5.32 Å². The summed E-state index contributed by atoms with van der Waals surface area (Å²) in [7, 11) is 0. The number of aryl methyl sites for hydroxylation is 1. The molecule has 1 N–H and O–H groups in total. The maximum atomic E-state index is 13.6. The molecule has 2 aliphatic rings. The average Bonchev–Trinajstić information content (AvgIpc) is 3.43. The Balaban J connectivity index is 1.17. The van der Waals surface area contributed by atoms with Crippen LogP contribution in [0.4, 0.5) is 5.69 Å². The summed E-state index contributed by atoms with van der Waals surface area (Å²) in [4.78, 5) is 29.8. The lowest BCUT2D eigenvalue weighted by atomic mass is 10.1. The molecule has 7 heteroatoms. The van der Waals surface area contributed by atoms with Gasteiger partial charge in [-0.2, -0.15) is 0 Å². The number of benzene rings is 4. The summed E-state index contributed by atoms with van der Waals surface area (Å²) in [5.74, 6) is 1.19. The maximum absolute atomic E-state index is 13.6. The molecule has 0 spiro atoms. The molecule has 39 heavy (non-hydrogen) atoms. The first-order chi connectivity index (χ1) is 19.0. The van der Waals surface area contributed by atoms with Crippen LogP contribution in [0.1, 0.15) is 32.6 Å². The van der Waals surface area contributed by atoms with E-state index in [2.05, 4.69) is 36.5 Å². The Bertz CT molecular complexity index is 1580. The van der Waals surface area contributed by atoms with Crippen LogP contribution in [0.25, 0.3) is 6.08 Å². The van der Waals surface area contributed by atoms with Crippen molar-refractivity contribution < 1.29 is 19.1 Å². The normalized spacial score (nSPS) is 14.8. The predicted molar refractivity (Wildman–Crippen MR) is 153 cm³/mol. The number of hydrogen-bond acceptors (Lipinski definition) is 5. The van der Waals surface area contributed by atoms with E-state index < -0.39 is 0 Å². The van der Waals surface area contributed by atoms with Crippen LogP contribution in [-0.2, 0) is 17.9 Å². The minimum Gasteiger partial charge on any atom is -0.454 e. The molecule has 2 amide bonds. The van der Waals surface area contributed by atoms with Gasteiger partial charge in [0.1, 0.15) is 0 Å². The molecule has 0 bridgehead atoms. The van der Waals surface area contributed by atoms with E-state index in [-0.39, 0.29) is 18.6 Å². The molecule has 0 aromatic heterocycles. The molecule has 0 saturated heterocycles. The Hall–Kier alpha value is -4.49. The molecule has 0 saturated carbocycles. The smallest absolute Gasteiger partial charge is 0.265 e. The van der Waals surface area contributed by atoms with Crippen molar-refractivity contribution in [2.75, 3.05) is 11.7 Å². The first kappa shape index (κ1) is 24.8. The summed E-state index contributed by atoms with van der Waals surface area (Å²) >= 11 is 1.47. The third-order valence-corrected chi connectivity index (χ3v) is 7.73. The van der Waals surface area contributed by atoms with Gasteiger partial charge in [0, 0.05) is 17.0 Å². The molecule has 6 nitrogen and oxygen atoms in total. The van der Waals surface area contributed by atoms with Crippen molar-refractivity contribution in [3.05, 3.63) is 124 Å². The molecule has 2 aliphatic heterocycles. The van der Waals surface area contributed by atoms with E-state index in [0.717, 1.165) is 27.3 Å². The lowest BCUT2D eigenvalue weighted by Crippen LogP contribution is -2.33. The van der Waals surface area contributed by atoms with Gasteiger partial charge >= 0.3 is 0 Å². The fourth-order valence-corrected chi connectivity index (χ4v) is 5.57. The van der Waals surface area contributed by atoms with Crippen LogP contribution in [-0.4, -0.2) is 18.6 Å². The SMILES string of the molecule is Cc1ccc(CN2C(=O)C(=Cc3ccc(C(=O)NCc4ccc5c(c4)OCO5)cc3)Sc3ccccc32)cc1. The van der Waals surface area contributed by atoms with E-state index in [1.54, 1.807) is 12.1 Å². The van der Waals surface area contributed by atoms with Crippen molar-refractivity contribution in [2.24, 2.45) is 0 Å². The largest absolute Gasteiger partial charge is 0.454 e. The number of rotatable bonds is 6. The Morgan fingerprint density at radius 2 is 1.67 bits per heavy atom. The third-order valence-electron chi connectivity index (χ3n) is 6.65. The summed E-state index contributed by atoms with van der Waals surface area (Å²) in [6.45, 7) is 3.14. The lowest BCUT2D eigenvalue weighted by Gasteiger charge is -2.30. The summed E-state index contributed by atoms with van der Waals surface area (Å²) in [5.41, 5.74) is 5.51. The minimum atomic E-state index is -0.173. The Morgan fingerprint density at radius 3 is 2.49 bits per heavy atom. The number of hydrogen-bond donors (Lipinski definition) is 1. The molecule has 2 heterocycles. The van der Waals surface area contributed by atoms with Crippen LogP contribution < -0.4 is 19.7 Å². The molecule has 0 aliphatic carbocycles. The number of nitrogens with one attached hydrogen (secondary N) is 1. The third kappa shape index (κ3) is 5.40. The number of ether oxygens (including phenoxy) is 2. The van der Waals surface area contributed by atoms with Crippen molar-refractivity contribution in [3.63, 3.8) is 0 Å². The van der Waals surface area contributed by atoms with Crippen LogP contribution >= 0.6 is 11.8 Å². The summed E-state index contributed by atoms with van der Waals surface area (Å²) < 4.78 is 10.7. The quantitative estimate of drug-likeness (QED) is 0.293. The van der Waals surface area contributed by atoms with E-state index in [4.69, 9.17) is 9.47 Å². The van der Waals surface area contributed by atoms with Gasteiger partial charge in [0.25, 0.3) is 11.8 Å². The molecule has 0 radical (unpaired) electrons. The molecular weight excluding hydrogens is 508 g/mol. The summed E-state index contributed by atoms with van der Waals surface area (Å²) in [6, 6.07) is 29.1. The number of para-hydroxylation sites is 1. The fourth-order valence-electron chi connectivity index (χ4n) is 4.51. The van der Waals surface area contributed by atoms with E-state index >= 15 is 0 Å². The molecule has 0 fully saturated rings. The highest BCUT2D eigenvalue weighted by Gasteiger charge is 2.29. The monoisotopic (exact) mass is 534 g/mol. The van der Waals surface area contributed by atoms with E-state index in [1.807, 2.05) is 65.6 Å². The van der Waals surface area contributed by atoms with Crippen LogP contribution in [0.15, 0.2) is 101 Å². The second-order valence-electron chi connectivity index (χ2n) is 9.45. The molecule has 0 unspecified atom stereocenters. The maximum Gasteiger partial charge on any atom is 0.265 e. The topological polar surface area (TPSA) is 67.9 Å². The number of nitrogens with zero attached hydrogens (tertiary/aromatic N) is 1. The highest BCUT2D eigenvalue weighted by molar-refractivity contribution is 8.04. The average molecular weight is 535 g/mol. The molecule has 4 aromatic rings. The fraction of sp³-hybridized carbons (Fsp3) is 0.125. The number of anilines is 1. The first-order valence-corrected chi connectivity index (χ1v) is 13.5. The number of carbonyl (C=O) groups excluding carboxylic acids is 2. The second kappa shape index (κ2) is 10.7. The summed E-state index contributed by atoms with van der Waals surface area (Å²) in [5, 5.41) is 2.94. The molecule has 194 valence electrons. The second-order valence-corrected chi connectivity index (χ2v) is 10.5. The van der Waals surface area contributed by atoms with E-state index in [0.29, 0.717) is 35.1 Å². The molecular formula is C32H26N2O4S. The van der Waals surface area contributed by atoms with Crippen LogP contribution in [0.3, 0.4) is 0 Å². The van der Waals surface area contributed by atoms with Gasteiger partial charge in [-0.1, -0.05) is 71.9 Å². The Labute approximate surface area is 231 Å². The molecule has 4 aromatic carbocycles. The Kier molecular flexibility index (Phi) is 6.82. The van der Waals surface area contributed by atoms with Gasteiger partial charge in [0.2, 0.25) is 6.79 Å². The van der Waals surface area contributed by atoms with Crippen molar-refractivity contribution >= 4 is 35.3 Å². The molecule has 0 atom stereocenters. The van der Waals surface area contributed by atoms with Gasteiger partial charge in [0.15, 0.2) is 11.5 Å². The van der Waals surface area contributed by atoms with Gasteiger partial charge in [-0.05, 0) is 66.1 Å². The zero-order chi connectivity index (χ0) is 26.8. The van der Waals surface area contributed by atoms with Crippen LogP contribution in [0.2, 0.25) is 0 Å². The minimum absolute atomic E-state index is 0.0372. The van der Waals surface area contributed by atoms with Crippen molar-refractivity contribution in [2.45, 2.75) is 24.9 Å². The number of amides is 2. The van der Waals surface area contributed by atoms with Gasteiger partial charge in [-0.25, -0.2) is 0 Å². The number of carbonyl (C=O) groups is 2. The zero-order valence-corrected chi connectivity index (χ0v) is 22.2. The lowest BCUT2D eigenvalue weighted by molar-refractivity contribution is -0.114. The predicted octanol–water partition coefficient (Wildman–Crippen LogP) is 6.33. The molecule has 6 rings (SSSR count). The highest BCUT2D eigenvalue weighted by Crippen LogP contribution is 2.42. The van der Waals surface area contributed by atoms with Gasteiger partial charge in [-0.3, -0.25) is 9.59 Å². The van der Waals surface area contributed by atoms with Gasteiger partial charge in [-0.15, -0.1) is 0 Å². The zero-order valence-electron chi connectivity index (χ0n) is 21.3. The van der Waals surface area contributed by atoms with Crippen molar-refractivity contribution in [3.8, 4) is 11.5 Å². The standard InChI is InChI=1S/C32H26N2O4S/c1-21-6-8-23(9-7-21)19-34-26-4-2-3-5-29(26)39-30(32(34)36)17-22-10-13-25(14-11-22)31(35)33-18-24-12-15-27-28(16-24)38-20-37-27/h2-17H,18-20H2,1H3,(H,33,35). The highest BCUT2D eigenvalue weighted by atomic mass is 32.2. The number of thioether (sulfide) groups is 1. The first-order valence-electron chi connectivity index (χ1n) is 12.7. The van der Waals surface area contributed by atoms with E-state index in [9.17, 15) is 9.59 Å². The summed E-state index contributed by atoms with van der Waals surface area (Å²) in [6.07, 6.45) is 1.89. The van der Waals surface area contributed by atoms with Gasteiger partial charge < -0.3 is 19.7 Å². The Morgan fingerprint density at radius 1 is 0.923 bits per heavy atom. The van der Waals surface area contributed by atoms with E-state index in [1.165, 1.54) is 17.3 Å². The van der Waals surface area contributed by atoms with Crippen molar-refractivity contribution in [1.29, 1.82) is 0 Å². The van der Waals surface area contributed by atoms with Crippen LogP contribution in [0.5, 0.6) is 11.5 Å².